The predicted octanol–water partition coefficient (Wildman–Crippen LogP) is 2.62. The third-order valence-corrected chi connectivity index (χ3v) is 2.40. The van der Waals surface area contributed by atoms with Gasteiger partial charge in [-0.05, 0) is 13.3 Å². The lowest BCUT2D eigenvalue weighted by Crippen LogP contribution is -2.14. The minimum absolute atomic E-state index is 0.157. The van der Waals surface area contributed by atoms with Gasteiger partial charge in [0.25, 0.3) is 0 Å². The standard InChI is InChI=1S/C12H22O6/c1-3-4-5-6-7-10(2)17-18-12(14)9-8-11(13)16-15/h10,15H,3-9H2,1-2H3. The van der Waals surface area contributed by atoms with E-state index in [-0.39, 0.29) is 18.9 Å². The zero-order valence-electron chi connectivity index (χ0n) is 11.0. The van der Waals surface area contributed by atoms with E-state index in [1.54, 1.807) is 0 Å². The first-order valence-corrected chi connectivity index (χ1v) is 6.30. The largest absolute Gasteiger partial charge is 0.342 e. The predicted molar refractivity (Wildman–Crippen MR) is 63.4 cm³/mol. The summed E-state index contributed by atoms with van der Waals surface area (Å²) in [5.74, 6) is -1.53. The number of unbranched alkanes of at least 4 members (excludes halogenated alkanes) is 3. The van der Waals surface area contributed by atoms with Crippen LogP contribution >= 0.6 is 0 Å². The first-order chi connectivity index (χ1) is 8.60. The van der Waals surface area contributed by atoms with Crippen molar-refractivity contribution in [2.24, 2.45) is 0 Å². The van der Waals surface area contributed by atoms with Crippen molar-refractivity contribution in [1.29, 1.82) is 0 Å². The average molecular weight is 262 g/mol. The summed E-state index contributed by atoms with van der Waals surface area (Å²) < 4.78 is 0. The molecule has 0 spiro atoms. The van der Waals surface area contributed by atoms with Crippen molar-refractivity contribution in [2.75, 3.05) is 0 Å². The summed E-state index contributed by atoms with van der Waals surface area (Å²) in [6, 6.07) is 0. The molecule has 0 aromatic carbocycles. The zero-order chi connectivity index (χ0) is 13.8. The van der Waals surface area contributed by atoms with E-state index in [1.165, 1.54) is 12.8 Å². The van der Waals surface area contributed by atoms with Gasteiger partial charge in [0.1, 0.15) is 6.10 Å². The normalized spacial score (nSPS) is 11.9. The van der Waals surface area contributed by atoms with E-state index in [0.29, 0.717) is 0 Å². The molecule has 0 aromatic heterocycles. The Morgan fingerprint density at radius 1 is 1.11 bits per heavy atom. The molecule has 0 saturated carbocycles. The maximum absolute atomic E-state index is 11.1. The van der Waals surface area contributed by atoms with Gasteiger partial charge in [0.2, 0.25) is 0 Å². The molecule has 1 atom stereocenters. The van der Waals surface area contributed by atoms with Gasteiger partial charge in [-0.3, -0.25) is 4.89 Å². The van der Waals surface area contributed by atoms with Crippen molar-refractivity contribution in [3.8, 4) is 0 Å². The maximum Gasteiger partial charge on any atom is 0.342 e. The maximum atomic E-state index is 11.1. The van der Waals surface area contributed by atoms with Crippen molar-refractivity contribution in [3.05, 3.63) is 0 Å². The number of hydrogen-bond acceptors (Lipinski definition) is 6. The summed E-state index contributed by atoms with van der Waals surface area (Å²) in [6.07, 6.45) is 4.79. The van der Waals surface area contributed by atoms with E-state index in [1.807, 2.05) is 6.92 Å². The van der Waals surface area contributed by atoms with E-state index in [4.69, 9.17) is 10.1 Å². The molecule has 106 valence electrons. The van der Waals surface area contributed by atoms with Gasteiger partial charge in [-0.1, -0.05) is 32.6 Å². The van der Waals surface area contributed by atoms with Gasteiger partial charge in [-0.2, -0.15) is 10.1 Å². The molecule has 1 unspecified atom stereocenters. The number of hydrogen-bond donors (Lipinski definition) is 1. The molecule has 0 bridgehead atoms. The van der Waals surface area contributed by atoms with E-state index >= 15 is 0 Å². The second kappa shape index (κ2) is 11.0. The average Bonchev–Trinajstić information content (AvgIpc) is 2.38. The minimum Gasteiger partial charge on any atom is -0.301 e. The molecule has 18 heavy (non-hydrogen) atoms. The summed E-state index contributed by atoms with van der Waals surface area (Å²) in [4.78, 5) is 34.5. The van der Waals surface area contributed by atoms with Crippen LogP contribution in [-0.2, 0) is 24.3 Å². The second-order valence-corrected chi connectivity index (χ2v) is 4.17. The van der Waals surface area contributed by atoms with Crippen LogP contribution in [0.25, 0.3) is 0 Å². The molecule has 0 rings (SSSR count). The molecule has 0 amide bonds. The van der Waals surface area contributed by atoms with Gasteiger partial charge in [0.05, 0.1) is 12.8 Å². The SMILES string of the molecule is CCCCCCC(C)OOC(=O)CCC(=O)OO. The molecule has 0 aliphatic carbocycles. The molecular formula is C12H22O6. The number of carbonyl (C=O) groups is 2. The van der Waals surface area contributed by atoms with Crippen LogP contribution in [0.5, 0.6) is 0 Å². The van der Waals surface area contributed by atoms with Gasteiger partial charge in [0, 0.05) is 0 Å². The summed E-state index contributed by atoms with van der Waals surface area (Å²) in [5, 5.41) is 7.97. The molecule has 0 aliphatic rings. The number of rotatable bonds is 10. The van der Waals surface area contributed by atoms with Crippen LogP contribution in [0.1, 0.15) is 58.8 Å². The Labute approximate surface area is 107 Å². The highest BCUT2D eigenvalue weighted by molar-refractivity contribution is 5.76. The summed E-state index contributed by atoms with van der Waals surface area (Å²) in [5.41, 5.74) is 0. The van der Waals surface area contributed by atoms with Crippen LogP contribution < -0.4 is 0 Å². The first kappa shape index (κ1) is 16.9. The van der Waals surface area contributed by atoms with Crippen molar-refractivity contribution < 1.29 is 29.5 Å². The van der Waals surface area contributed by atoms with Crippen LogP contribution in [-0.4, -0.2) is 23.3 Å². The van der Waals surface area contributed by atoms with Crippen molar-refractivity contribution in [3.63, 3.8) is 0 Å². The Balaban J connectivity index is 3.50. The fourth-order valence-corrected chi connectivity index (χ4v) is 1.33. The van der Waals surface area contributed by atoms with Gasteiger partial charge in [0.15, 0.2) is 0 Å². The van der Waals surface area contributed by atoms with E-state index in [2.05, 4.69) is 16.7 Å². The third-order valence-electron chi connectivity index (χ3n) is 2.40. The van der Waals surface area contributed by atoms with Crippen molar-refractivity contribution in [1.82, 2.24) is 0 Å². The lowest BCUT2D eigenvalue weighted by atomic mass is 10.1. The Kier molecular flexibility index (Phi) is 10.3. The van der Waals surface area contributed by atoms with Gasteiger partial charge in [-0.15, -0.1) is 0 Å². The molecule has 0 aromatic rings. The minimum atomic E-state index is -0.875. The van der Waals surface area contributed by atoms with E-state index in [0.717, 1.165) is 19.3 Å². The summed E-state index contributed by atoms with van der Waals surface area (Å²) in [6.45, 7) is 3.96. The van der Waals surface area contributed by atoms with Gasteiger partial charge < -0.3 is 4.89 Å². The molecule has 0 heterocycles. The lowest BCUT2D eigenvalue weighted by molar-refractivity contribution is -0.296. The Bertz CT molecular complexity index is 241. The van der Waals surface area contributed by atoms with Crippen molar-refractivity contribution >= 4 is 11.9 Å². The molecule has 6 nitrogen and oxygen atoms in total. The molecule has 0 saturated heterocycles. The molecule has 0 radical (unpaired) electrons. The summed E-state index contributed by atoms with van der Waals surface area (Å²) >= 11 is 0. The highest BCUT2D eigenvalue weighted by Gasteiger charge is 2.12. The monoisotopic (exact) mass is 262 g/mol. The van der Waals surface area contributed by atoms with Crippen LogP contribution in [0.15, 0.2) is 0 Å². The fourth-order valence-electron chi connectivity index (χ4n) is 1.33. The quantitative estimate of drug-likeness (QED) is 0.370. The smallest absolute Gasteiger partial charge is 0.301 e. The fraction of sp³-hybridized carbons (Fsp3) is 0.833. The van der Waals surface area contributed by atoms with Crippen LogP contribution in [0.2, 0.25) is 0 Å². The highest BCUT2D eigenvalue weighted by atomic mass is 17.2. The number of carbonyl (C=O) groups excluding carboxylic acids is 2. The van der Waals surface area contributed by atoms with Crippen LogP contribution in [0, 0.1) is 0 Å². The topological polar surface area (TPSA) is 82.1 Å². The van der Waals surface area contributed by atoms with E-state index in [9.17, 15) is 9.59 Å². The Hall–Kier alpha value is -1.14. The lowest BCUT2D eigenvalue weighted by Gasteiger charge is -2.10. The van der Waals surface area contributed by atoms with Crippen LogP contribution in [0.4, 0.5) is 0 Å². The Morgan fingerprint density at radius 2 is 1.78 bits per heavy atom. The molecular weight excluding hydrogens is 240 g/mol. The Morgan fingerprint density at radius 3 is 2.39 bits per heavy atom. The second-order valence-electron chi connectivity index (χ2n) is 4.17. The molecule has 6 heteroatoms. The first-order valence-electron chi connectivity index (χ1n) is 6.30. The molecule has 0 aliphatic heterocycles. The highest BCUT2D eigenvalue weighted by Crippen LogP contribution is 2.08. The summed E-state index contributed by atoms with van der Waals surface area (Å²) in [7, 11) is 0. The molecule has 0 fully saturated rings. The van der Waals surface area contributed by atoms with Gasteiger partial charge in [-0.25, -0.2) is 9.59 Å². The molecule has 1 N–H and O–H groups in total. The third kappa shape index (κ3) is 10.0. The van der Waals surface area contributed by atoms with Crippen molar-refractivity contribution in [2.45, 2.75) is 64.9 Å². The van der Waals surface area contributed by atoms with Crippen LogP contribution in [0.3, 0.4) is 0 Å². The van der Waals surface area contributed by atoms with Gasteiger partial charge >= 0.3 is 11.9 Å². The van der Waals surface area contributed by atoms with E-state index < -0.39 is 11.9 Å². The zero-order valence-corrected chi connectivity index (χ0v) is 11.0.